The van der Waals surface area contributed by atoms with Gasteiger partial charge in [0.15, 0.2) is 4.34 Å². The third kappa shape index (κ3) is 3.15. The molecule has 2 aromatic rings. The molecule has 1 heterocycles. The van der Waals surface area contributed by atoms with Crippen molar-refractivity contribution in [1.29, 1.82) is 0 Å². The second kappa shape index (κ2) is 5.44. The summed E-state index contributed by atoms with van der Waals surface area (Å²) in [7, 11) is 0. The molecule has 1 aromatic carbocycles. The largest absolute Gasteiger partial charge is 0.387 e. The molecule has 1 atom stereocenters. The number of aromatic nitrogens is 2. The number of thioether (sulfide) groups is 1. The topological polar surface area (TPSA) is 72.0 Å². The Bertz CT molecular complexity index is 506. The summed E-state index contributed by atoms with van der Waals surface area (Å²) < 4.78 is 14.0. The van der Waals surface area contributed by atoms with E-state index in [9.17, 15) is 9.50 Å². The molecule has 0 saturated heterocycles. The maximum Gasteiger partial charge on any atom is 0.203 e. The normalized spacial score (nSPS) is 12.6. The van der Waals surface area contributed by atoms with E-state index >= 15 is 0 Å². The predicted octanol–water partition coefficient (Wildman–Crippen LogP) is 2.09. The zero-order valence-corrected chi connectivity index (χ0v) is 10.3. The van der Waals surface area contributed by atoms with Crippen molar-refractivity contribution in [2.24, 2.45) is 0 Å². The lowest BCUT2D eigenvalue weighted by Crippen LogP contribution is -2.03. The Kier molecular flexibility index (Phi) is 3.93. The molecule has 0 aliphatic heterocycles. The first-order valence-corrected chi connectivity index (χ1v) is 6.61. The van der Waals surface area contributed by atoms with E-state index in [1.54, 1.807) is 18.2 Å². The Balaban J connectivity index is 1.98. The summed E-state index contributed by atoms with van der Waals surface area (Å²) >= 11 is 2.54. The van der Waals surface area contributed by atoms with Crippen LogP contribution in [0.5, 0.6) is 0 Å². The number of hydrogen-bond acceptors (Lipinski definition) is 6. The fourth-order valence-electron chi connectivity index (χ4n) is 1.26. The first kappa shape index (κ1) is 12.3. The Hall–Kier alpha value is -1.18. The van der Waals surface area contributed by atoms with Gasteiger partial charge in [0, 0.05) is 11.3 Å². The number of rotatable bonds is 4. The second-order valence-electron chi connectivity index (χ2n) is 3.25. The van der Waals surface area contributed by atoms with Gasteiger partial charge in [-0.25, -0.2) is 4.39 Å². The highest BCUT2D eigenvalue weighted by Gasteiger charge is 2.13. The van der Waals surface area contributed by atoms with Crippen molar-refractivity contribution in [3.05, 3.63) is 35.6 Å². The van der Waals surface area contributed by atoms with Gasteiger partial charge in [0.1, 0.15) is 5.82 Å². The molecule has 4 nitrogen and oxygen atoms in total. The molecule has 7 heteroatoms. The van der Waals surface area contributed by atoms with Crippen LogP contribution < -0.4 is 5.73 Å². The van der Waals surface area contributed by atoms with Gasteiger partial charge in [-0.05, 0) is 6.07 Å². The van der Waals surface area contributed by atoms with Gasteiger partial charge in [0.25, 0.3) is 0 Å². The maximum atomic E-state index is 13.4. The molecule has 17 heavy (non-hydrogen) atoms. The minimum Gasteiger partial charge on any atom is -0.387 e. The lowest BCUT2D eigenvalue weighted by atomic mass is 10.1. The number of aliphatic hydroxyl groups excluding tert-OH is 1. The Morgan fingerprint density at radius 3 is 2.82 bits per heavy atom. The molecule has 1 aromatic heterocycles. The van der Waals surface area contributed by atoms with Crippen LogP contribution in [0.3, 0.4) is 0 Å². The number of aliphatic hydroxyl groups is 1. The number of hydrogen-bond donors (Lipinski definition) is 2. The van der Waals surface area contributed by atoms with Crippen LogP contribution in [0.15, 0.2) is 28.6 Å². The molecule has 0 unspecified atom stereocenters. The highest BCUT2D eigenvalue weighted by atomic mass is 32.2. The van der Waals surface area contributed by atoms with Crippen LogP contribution in [0.25, 0.3) is 0 Å². The molecule has 0 bridgehead atoms. The summed E-state index contributed by atoms with van der Waals surface area (Å²) in [5, 5.41) is 17.7. The van der Waals surface area contributed by atoms with E-state index < -0.39 is 11.9 Å². The quantitative estimate of drug-likeness (QED) is 0.833. The van der Waals surface area contributed by atoms with E-state index in [0.717, 1.165) is 0 Å². The van der Waals surface area contributed by atoms with E-state index in [1.807, 2.05) is 0 Å². The fraction of sp³-hybridized carbons (Fsp3) is 0.200. The van der Waals surface area contributed by atoms with Crippen molar-refractivity contribution in [1.82, 2.24) is 10.2 Å². The van der Waals surface area contributed by atoms with Gasteiger partial charge < -0.3 is 10.8 Å². The standard InChI is InChI=1S/C10H10FN3OS2/c11-7-4-2-1-3-6(7)8(15)5-16-10-14-13-9(12)17-10/h1-4,8,15H,5H2,(H2,12,13)/t8-/m0/s1. The van der Waals surface area contributed by atoms with Gasteiger partial charge >= 0.3 is 0 Å². The van der Waals surface area contributed by atoms with Crippen molar-refractivity contribution >= 4 is 28.2 Å². The number of benzene rings is 1. The Labute approximate surface area is 106 Å². The molecular formula is C10H10FN3OS2. The molecule has 0 fully saturated rings. The molecule has 0 spiro atoms. The lowest BCUT2D eigenvalue weighted by Gasteiger charge is -2.09. The number of halogens is 1. The van der Waals surface area contributed by atoms with E-state index in [2.05, 4.69) is 10.2 Å². The second-order valence-corrected chi connectivity index (χ2v) is 5.53. The first-order chi connectivity index (χ1) is 8.16. The third-order valence-electron chi connectivity index (χ3n) is 2.05. The fourth-order valence-corrected chi connectivity index (χ4v) is 2.88. The highest BCUT2D eigenvalue weighted by Crippen LogP contribution is 2.28. The summed E-state index contributed by atoms with van der Waals surface area (Å²) in [4.78, 5) is 0. The third-order valence-corrected chi connectivity index (χ3v) is 4.01. The number of anilines is 1. The SMILES string of the molecule is Nc1nnc(SC[C@H](O)c2ccccc2F)s1. The molecule has 3 N–H and O–H groups in total. The molecule has 90 valence electrons. The molecular weight excluding hydrogens is 261 g/mol. The molecule has 2 rings (SSSR count). The Morgan fingerprint density at radius 1 is 1.41 bits per heavy atom. The summed E-state index contributed by atoms with van der Waals surface area (Å²) in [6.07, 6.45) is -0.869. The average molecular weight is 271 g/mol. The molecule has 0 amide bonds. The summed E-state index contributed by atoms with van der Waals surface area (Å²) in [5.74, 6) is -0.0902. The van der Waals surface area contributed by atoms with Crippen molar-refractivity contribution in [2.75, 3.05) is 11.5 Å². The average Bonchev–Trinajstić information content (AvgIpc) is 2.73. The first-order valence-electron chi connectivity index (χ1n) is 4.81. The van der Waals surface area contributed by atoms with Crippen LogP contribution in [0, 0.1) is 5.82 Å². The maximum absolute atomic E-state index is 13.4. The van der Waals surface area contributed by atoms with E-state index in [1.165, 1.54) is 29.2 Å². The van der Waals surface area contributed by atoms with Gasteiger partial charge in [-0.15, -0.1) is 10.2 Å². The van der Waals surface area contributed by atoms with E-state index in [0.29, 0.717) is 15.2 Å². The number of nitrogens with two attached hydrogens (primary N) is 1. The molecule has 0 aliphatic carbocycles. The smallest absolute Gasteiger partial charge is 0.203 e. The van der Waals surface area contributed by atoms with Crippen LogP contribution >= 0.6 is 23.1 Å². The Morgan fingerprint density at radius 2 is 2.18 bits per heavy atom. The van der Waals surface area contributed by atoms with Gasteiger partial charge in [0.2, 0.25) is 5.13 Å². The summed E-state index contributed by atoms with van der Waals surface area (Å²) in [6, 6.07) is 6.17. The van der Waals surface area contributed by atoms with Crippen LogP contribution in [-0.2, 0) is 0 Å². The van der Waals surface area contributed by atoms with Crippen LogP contribution in [0.2, 0.25) is 0 Å². The summed E-state index contributed by atoms with van der Waals surface area (Å²) in [6.45, 7) is 0. The lowest BCUT2D eigenvalue weighted by molar-refractivity contribution is 0.199. The van der Waals surface area contributed by atoms with Crippen molar-refractivity contribution in [3.8, 4) is 0 Å². The van der Waals surface area contributed by atoms with Crippen LogP contribution in [-0.4, -0.2) is 21.1 Å². The zero-order chi connectivity index (χ0) is 12.3. The highest BCUT2D eigenvalue weighted by molar-refractivity contribution is 8.01. The van der Waals surface area contributed by atoms with Crippen molar-refractivity contribution in [2.45, 2.75) is 10.4 Å². The summed E-state index contributed by atoms with van der Waals surface area (Å²) in [5.41, 5.74) is 5.72. The van der Waals surface area contributed by atoms with Crippen LogP contribution in [0.4, 0.5) is 9.52 Å². The van der Waals surface area contributed by atoms with Gasteiger partial charge in [-0.1, -0.05) is 41.3 Å². The van der Waals surface area contributed by atoms with E-state index in [-0.39, 0.29) is 5.56 Å². The number of nitrogen functional groups attached to an aromatic ring is 1. The van der Waals surface area contributed by atoms with Gasteiger partial charge in [-0.2, -0.15) is 0 Å². The van der Waals surface area contributed by atoms with E-state index in [4.69, 9.17) is 5.73 Å². The minimum atomic E-state index is -0.869. The van der Waals surface area contributed by atoms with Crippen LogP contribution in [0.1, 0.15) is 11.7 Å². The van der Waals surface area contributed by atoms with Crippen molar-refractivity contribution in [3.63, 3.8) is 0 Å². The number of nitrogens with zero attached hydrogens (tertiary/aromatic N) is 2. The molecule has 0 saturated carbocycles. The van der Waals surface area contributed by atoms with Crippen molar-refractivity contribution < 1.29 is 9.50 Å². The zero-order valence-electron chi connectivity index (χ0n) is 8.71. The molecule has 0 aliphatic rings. The monoisotopic (exact) mass is 271 g/mol. The minimum absolute atomic E-state index is 0.289. The molecule has 0 radical (unpaired) electrons. The predicted molar refractivity (Wildman–Crippen MR) is 66.4 cm³/mol. The van der Waals surface area contributed by atoms with Gasteiger partial charge in [0.05, 0.1) is 6.10 Å². The van der Waals surface area contributed by atoms with Gasteiger partial charge in [-0.3, -0.25) is 0 Å².